The van der Waals surface area contributed by atoms with Crippen LogP contribution in [0.2, 0.25) is 5.02 Å². The van der Waals surface area contributed by atoms with Crippen LogP contribution in [-0.4, -0.2) is 20.9 Å². The Morgan fingerprint density at radius 2 is 2.20 bits per heavy atom. The SMILES string of the molecule is Cc1ccc(Cl)c2sc(NC(=O)c3cnccn3)nc12. The molecule has 0 aliphatic heterocycles. The highest BCUT2D eigenvalue weighted by molar-refractivity contribution is 7.23. The molecule has 0 aliphatic rings. The Morgan fingerprint density at radius 1 is 1.35 bits per heavy atom. The normalized spacial score (nSPS) is 10.7. The number of carbonyl (C=O) groups is 1. The average Bonchev–Trinajstić information content (AvgIpc) is 2.89. The van der Waals surface area contributed by atoms with Crippen LogP contribution in [0.3, 0.4) is 0 Å². The van der Waals surface area contributed by atoms with Gasteiger partial charge in [0.2, 0.25) is 0 Å². The van der Waals surface area contributed by atoms with Crippen molar-refractivity contribution in [2.45, 2.75) is 6.92 Å². The Kier molecular flexibility index (Phi) is 3.33. The minimum atomic E-state index is -0.342. The van der Waals surface area contributed by atoms with Crippen LogP contribution in [-0.2, 0) is 0 Å². The van der Waals surface area contributed by atoms with Gasteiger partial charge in [-0.25, -0.2) is 9.97 Å². The summed E-state index contributed by atoms with van der Waals surface area (Å²) in [7, 11) is 0. The maximum Gasteiger partial charge on any atom is 0.277 e. The number of aromatic nitrogens is 3. The van der Waals surface area contributed by atoms with Crippen LogP contribution in [0, 0.1) is 6.92 Å². The molecule has 3 aromatic rings. The van der Waals surface area contributed by atoms with E-state index in [1.807, 2.05) is 19.1 Å². The van der Waals surface area contributed by atoms with Gasteiger partial charge in [-0.1, -0.05) is 29.0 Å². The largest absolute Gasteiger partial charge is 0.296 e. The number of amides is 1. The van der Waals surface area contributed by atoms with Crippen molar-refractivity contribution in [1.82, 2.24) is 15.0 Å². The second kappa shape index (κ2) is 5.15. The molecule has 100 valence electrons. The van der Waals surface area contributed by atoms with E-state index in [2.05, 4.69) is 20.3 Å². The molecule has 7 heteroatoms. The summed E-state index contributed by atoms with van der Waals surface area (Å²) in [5.74, 6) is -0.342. The molecule has 0 saturated carbocycles. The van der Waals surface area contributed by atoms with Crippen molar-refractivity contribution < 1.29 is 4.79 Å². The maximum absolute atomic E-state index is 12.0. The summed E-state index contributed by atoms with van der Waals surface area (Å²) in [6, 6.07) is 3.73. The van der Waals surface area contributed by atoms with Crippen LogP contribution in [0.5, 0.6) is 0 Å². The first-order valence-corrected chi connectivity index (χ1v) is 6.97. The van der Waals surface area contributed by atoms with Gasteiger partial charge in [-0.3, -0.25) is 15.1 Å². The number of nitrogens with zero attached hydrogens (tertiary/aromatic N) is 3. The maximum atomic E-state index is 12.0. The minimum Gasteiger partial charge on any atom is -0.296 e. The van der Waals surface area contributed by atoms with Gasteiger partial charge in [0.05, 0.1) is 21.4 Å². The van der Waals surface area contributed by atoms with Crippen LogP contribution in [0.25, 0.3) is 10.2 Å². The van der Waals surface area contributed by atoms with Gasteiger partial charge in [-0.2, -0.15) is 0 Å². The minimum absolute atomic E-state index is 0.245. The number of carbonyl (C=O) groups excluding carboxylic acids is 1. The van der Waals surface area contributed by atoms with Crippen molar-refractivity contribution in [1.29, 1.82) is 0 Å². The van der Waals surface area contributed by atoms with Crippen molar-refractivity contribution in [3.05, 3.63) is 47.0 Å². The predicted molar refractivity (Wildman–Crippen MR) is 79.4 cm³/mol. The van der Waals surface area contributed by atoms with Gasteiger partial charge >= 0.3 is 0 Å². The number of rotatable bonds is 2. The molecule has 0 aliphatic carbocycles. The summed E-state index contributed by atoms with van der Waals surface area (Å²) in [6.07, 6.45) is 4.38. The molecule has 1 amide bonds. The third kappa shape index (κ3) is 2.35. The summed E-state index contributed by atoms with van der Waals surface area (Å²) in [5.41, 5.74) is 2.06. The van der Waals surface area contributed by atoms with Crippen molar-refractivity contribution >= 4 is 44.2 Å². The third-order valence-corrected chi connectivity index (χ3v) is 4.14. The summed E-state index contributed by atoms with van der Waals surface area (Å²) < 4.78 is 0.862. The van der Waals surface area contributed by atoms with E-state index in [0.29, 0.717) is 10.2 Å². The summed E-state index contributed by atoms with van der Waals surface area (Å²) in [4.78, 5) is 24.2. The fourth-order valence-corrected chi connectivity index (χ4v) is 2.94. The molecule has 0 fully saturated rings. The molecule has 0 bridgehead atoms. The first-order valence-electron chi connectivity index (χ1n) is 5.78. The highest BCUT2D eigenvalue weighted by Crippen LogP contribution is 2.33. The van der Waals surface area contributed by atoms with E-state index in [9.17, 15) is 4.79 Å². The molecular formula is C13H9ClN4OS. The van der Waals surface area contributed by atoms with Gasteiger partial charge in [-0.15, -0.1) is 0 Å². The lowest BCUT2D eigenvalue weighted by Crippen LogP contribution is -2.13. The van der Waals surface area contributed by atoms with Gasteiger partial charge in [-0.05, 0) is 18.6 Å². The molecule has 3 rings (SSSR count). The van der Waals surface area contributed by atoms with E-state index >= 15 is 0 Å². The van der Waals surface area contributed by atoms with Crippen molar-refractivity contribution in [2.75, 3.05) is 5.32 Å². The van der Waals surface area contributed by atoms with Crippen molar-refractivity contribution in [2.24, 2.45) is 0 Å². The molecule has 5 nitrogen and oxygen atoms in total. The van der Waals surface area contributed by atoms with Gasteiger partial charge in [0, 0.05) is 12.4 Å². The lowest BCUT2D eigenvalue weighted by molar-refractivity contribution is 0.102. The Labute approximate surface area is 123 Å². The average molecular weight is 305 g/mol. The zero-order valence-corrected chi connectivity index (χ0v) is 12.0. The fraction of sp³-hybridized carbons (Fsp3) is 0.0769. The van der Waals surface area contributed by atoms with Gasteiger partial charge in [0.25, 0.3) is 5.91 Å². The van der Waals surface area contributed by atoms with Crippen LogP contribution in [0.4, 0.5) is 5.13 Å². The Hall–Kier alpha value is -2.05. The van der Waals surface area contributed by atoms with Crippen LogP contribution < -0.4 is 5.32 Å². The number of anilines is 1. The number of halogens is 1. The lowest BCUT2D eigenvalue weighted by atomic mass is 10.2. The number of hydrogen-bond donors (Lipinski definition) is 1. The monoisotopic (exact) mass is 304 g/mol. The van der Waals surface area contributed by atoms with Crippen molar-refractivity contribution in [3.8, 4) is 0 Å². The molecule has 2 heterocycles. The Balaban J connectivity index is 1.94. The first kappa shape index (κ1) is 13.0. The second-order valence-electron chi connectivity index (χ2n) is 4.11. The van der Waals surface area contributed by atoms with Crippen LogP contribution in [0.1, 0.15) is 16.1 Å². The molecule has 2 aromatic heterocycles. The van der Waals surface area contributed by atoms with Crippen LogP contribution in [0.15, 0.2) is 30.7 Å². The Bertz CT molecular complexity index is 749. The van der Waals surface area contributed by atoms with E-state index < -0.39 is 0 Å². The van der Waals surface area contributed by atoms with Gasteiger partial charge in [0.15, 0.2) is 5.13 Å². The molecule has 0 spiro atoms. The zero-order chi connectivity index (χ0) is 14.1. The summed E-state index contributed by atoms with van der Waals surface area (Å²) in [5, 5.41) is 3.83. The molecule has 0 radical (unpaired) electrons. The molecule has 0 saturated heterocycles. The van der Waals surface area contributed by atoms with E-state index in [4.69, 9.17) is 11.6 Å². The molecule has 1 aromatic carbocycles. The summed E-state index contributed by atoms with van der Waals surface area (Å²) in [6.45, 7) is 1.95. The fourth-order valence-electron chi connectivity index (χ4n) is 1.73. The number of thiazole rings is 1. The van der Waals surface area contributed by atoms with E-state index in [-0.39, 0.29) is 11.6 Å². The first-order chi connectivity index (χ1) is 9.65. The number of hydrogen-bond acceptors (Lipinski definition) is 5. The van der Waals surface area contributed by atoms with E-state index in [1.54, 1.807) is 0 Å². The molecule has 0 atom stereocenters. The van der Waals surface area contributed by atoms with E-state index in [0.717, 1.165) is 15.8 Å². The second-order valence-corrected chi connectivity index (χ2v) is 5.51. The molecular weight excluding hydrogens is 296 g/mol. The van der Waals surface area contributed by atoms with Gasteiger partial charge < -0.3 is 0 Å². The molecule has 20 heavy (non-hydrogen) atoms. The van der Waals surface area contributed by atoms with Crippen molar-refractivity contribution in [3.63, 3.8) is 0 Å². The standard InChI is InChI=1S/C13H9ClN4OS/c1-7-2-3-8(14)11-10(7)17-13(20-11)18-12(19)9-6-15-4-5-16-9/h2-6H,1H3,(H,17,18,19). The van der Waals surface area contributed by atoms with Crippen LogP contribution >= 0.6 is 22.9 Å². The smallest absolute Gasteiger partial charge is 0.277 e. The number of aryl methyl sites for hydroxylation is 1. The zero-order valence-electron chi connectivity index (χ0n) is 10.4. The van der Waals surface area contributed by atoms with Gasteiger partial charge in [0.1, 0.15) is 5.69 Å². The summed E-state index contributed by atoms with van der Waals surface area (Å²) >= 11 is 7.47. The Morgan fingerprint density at radius 3 is 2.90 bits per heavy atom. The molecule has 0 unspecified atom stereocenters. The highest BCUT2D eigenvalue weighted by atomic mass is 35.5. The third-order valence-electron chi connectivity index (χ3n) is 2.71. The lowest BCUT2D eigenvalue weighted by Gasteiger charge is -1.98. The number of nitrogens with one attached hydrogen (secondary N) is 1. The quantitative estimate of drug-likeness (QED) is 0.788. The predicted octanol–water partition coefficient (Wildman–Crippen LogP) is 3.30. The number of fused-ring (bicyclic) bond motifs is 1. The molecule has 1 N–H and O–H groups in total. The topological polar surface area (TPSA) is 67.8 Å². The number of benzene rings is 1. The highest BCUT2D eigenvalue weighted by Gasteiger charge is 2.13. The van der Waals surface area contributed by atoms with E-state index in [1.165, 1.54) is 29.9 Å².